The minimum Gasteiger partial charge on any atom is -0.387 e. The first-order valence-corrected chi connectivity index (χ1v) is 7.72. The number of aryl methyl sites for hydroxylation is 1. The highest BCUT2D eigenvalue weighted by Crippen LogP contribution is 2.22. The number of nitrogens with zero attached hydrogens (tertiary/aromatic N) is 5. The first-order chi connectivity index (χ1) is 12.1. The minimum absolute atomic E-state index is 0.186. The van der Waals surface area contributed by atoms with Gasteiger partial charge in [-0.25, -0.2) is 9.48 Å². The summed E-state index contributed by atoms with van der Waals surface area (Å²) in [6, 6.07) is 11.5. The summed E-state index contributed by atoms with van der Waals surface area (Å²) in [5.74, 6) is 0.346. The average Bonchev–Trinajstić information content (AvgIpc) is 3.29. The van der Waals surface area contributed by atoms with Crippen LogP contribution in [0.3, 0.4) is 0 Å². The predicted octanol–water partition coefficient (Wildman–Crippen LogP) is 2.34. The lowest BCUT2D eigenvalue weighted by Gasteiger charge is -2.03. The van der Waals surface area contributed by atoms with Gasteiger partial charge in [-0.1, -0.05) is 23.4 Å². The summed E-state index contributed by atoms with van der Waals surface area (Å²) in [5.41, 5.74) is 3.02. The Morgan fingerprint density at radius 1 is 1.16 bits per heavy atom. The zero-order valence-electron chi connectivity index (χ0n) is 13.7. The maximum absolute atomic E-state index is 12.1. The van der Waals surface area contributed by atoms with Gasteiger partial charge in [0, 0.05) is 6.07 Å². The van der Waals surface area contributed by atoms with E-state index in [0.717, 1.165) is 11.4 Å². The average molecular weight is 337 g/mol. The Morgan fingerprint density at radius 3 is 2.68 bits per heavy atom. The van der Waals surface area contributed by atoms with E-state index >= 15 is 0 Å². The molecule has 0 unspecified atom stereocenters. The standard InChI is InChI=1S/C17H15N5O3/c1-11-8-13(20-25-11)10-21-17(23)24-16(19-21)15-9-18-22(12(15)2)14-6-4-3-5-7-14/h3-9H,10H2,1-2H3. The van der Waals surface area contributed by atoms with Gasteiger partial charge in [0.25, 0.3) is 5.89 Å². The van der Waals surface area contributed by atoms with E-state index in [2.05, 4.69) is 15.4 Å². The quantitative estimate of drug-likeness (QED) is 0.567. The van der Waals surface area contributed by atoms with Crippen molar-refractivity contribution < 1.29 is 8.94 Å². The molecular formula is C17H15N5O3. The first-order valence-electron chi connectivity index (χ1n) is 7.72. The molecule has 0 N–H and O–H groups in total. The second-order valence-electron chi connectivity index (χ2n) is 5.65. The highest BCUT2D eigenvalue weighted by Gasteiger charge is 2.17. The molecule has 0 bridgehead atoms. The predicted molar refractivity (Wildman–Crippen MR) is 88.4 cm³/mol. The molecule has 0 saturated heterocycles. The van der Waals surface area contributed by atoms with Crippen LogP contribution in [-0.2, 0) is 6.54 Å². The van der Waals surface area contributed by atoms with Crippen LogP contribution in [0.25, 0.3) is 17.1 Å². The molecule has 0 saturated carbocycles. The van der Waals surface area contributed by atoms with Crippen LogP contribution in [0.1, 0.15) is 17.1 Å². The number of hydrogen-bond donors (Lipinski definition) is 0. The maximum Gasteiger partial charge on any atom is 0.437 e. The fourth-order valence-corrected chi connectivity index (χ4v) is 2.61. The molecule has 0 spiro atoms. The van der Waals surface area contributed by atoms with Crippen molar-refractivity contribution in [1.82, 2.24) is 24.7 Å². The number of aromatic nitrogens is 5. The van der Waals surface area contributed by atoms with E-state index in [1.165, 1.54) is 4.68 Å². The summed E-state index contributed by atoms with van der Waals surface area (Å²) in [7, 11) is 0. The van der Waals surface area contributed by atoms with Crippen molar-refractivity contribution in [3.63, 3.8) is 0 Å². The summed E-state index contributed by atoms with van der Waals surface area (Å²) in [4.78, 5) is 12.1. The van der Waals surface area contributed by atoms with Crippen molar-refractivity contribution in [2.75, 3.05) is 0 Å². The van der Waals surface area contributed by atoms with Crippen LogP contribution in [0.2, 0.25) is 0 Å². The van der Waals surface area contributed by atoms with E-state index in [9.17, 15) is 4.79 Å². The maximum atomic E-state index is 12.1. The molecular weight excluding hydrogens is 322 g/mol. The van der Waals surface area contributed by atoms with Crippen molar-refractivity contribution in [3.8, 4) is 17.1 Å². The lowest BCUT2D eigenvalue weighted by Crippen LogP contribution is -2.16. The Morgan fingerprint density at radius 2 is 1.96 bits per heavy atom. The lowest BCUT2D eigenvalue weighted by atomic mass is 10.2. The van der Waals surface area contributed by atoms with Crippen molar-refractivity contribution in [2.24, 2.45) is 0 Å². The van der Waals surface area contributed by atoms with Gasteiger partial charge < -0.3 is 8.94 Å². The summed E-state index contributed by atoms with van der Waals surface area (Å²) in [6.45, 7) is 3.87. The van der Waals surface area contributed by atoms with Crippen LogP contribution in [0, 0.1) is 13.8 Å². The molecule has 3 heterocycles. The van der Waals surface area contributed by atoms with Crippen LogP contribution < -0.4 is 5.76 Å². The second kappa shape index (κ2) is 5.90. The van der Waals surface area contributed by atoms with E-state index in [0.29, 0.717) is 17.0 Å². The zero-order chi connectivity index (χ0) is 17.4. The van der Waals surface area contributed by atoms with Crippen LogP contribution in [0.4, 0.5) is 0 Å². The topological polar surface area (TPSA) is 91.9 Å². The molecule has 8 heteroatoms. The Hall–Kier alpha value is -3.42. The third-order valence-electron chi connectivity index (χ3n) is 3.84. The molecule has 0 atom stereocenters. The van der Waals surface area contributed by atoms with Crippen molar-refractivity contribution in [3.05, 3.63) is 70.3 Å². The third-order valence-corrected chi connectivity index (χ3v) is 3.84. The van der Waals surface area contributed by atoms with E-state index in [1.807, 2.05) is 37.3 Å². The van der Waals surface area contributed by atoms with Crippen LogP contribution in [0.5, 0.6) is 0 Å². The Labute approximate surface area is 142 Å². The molecule has 0 aliphatic carbocycles. The summed E-state index contributed by atoms with van der Waals surface area (Å²) in [6.07, 6.45) is 1.64. The summed E-state index contributed by atoms with van der Waals surface area (Å²) < 4.78 is 13.3. The highest BCUT2D eigenvalue weighted by molar-refractivity contribution is 5.56. The molecule has 0 fully saturated rings. The molecule has 0 amide bonds. The minimum atomic E-state index is -0.553. The van der Waals surface area contributed by atoms with Gasteiger partial charge in [-0.15, -0.1) is 5.10 Å². The van der Waals surface area contributed by atoms with Crippen LogP contribution >= 0.6 is 0 Å². The van der Waals surface area contributed by atoms with Gasteiger partial charge in [0.1, 0.15) is 11.5 Å². The van der Waals surface area contributed by atoms with Gasteiger partial charge >= 0.3 is 5.76 Å². The molecule has 4 rings (SSSR count). The monoisotopic (exact) mass is 337 g/mol. The zero-order valence-corrected chi connectivity index (χ0v) is 13.7. The highest BCUT2D eigenvalue weighted by atomic mass is 16.5. The largest absolute Gasteiger partial charge is 0.437 e. The molecule has 0 radical (unpaired) electrons. The number of benzene rings is 1. The third kappa shape index (κ3) is 2.78. The number of hydrogen-bond acceptors (Lipinski definition) is 6. The van der Waals surface area contributed by atoms with Gasteiger partial charge in [0.2, 0.25) is 0 Å². The Kier molecular flexibility index (Phi) is 3.57. The number of para-hydroxylation sites is 1. The van der Waals surface area contributed by atoms with Gasteiger partial charge in [-0.3, -0.25) is 0 Å². The Balaban J connectivity index is 1.68. The molecule has 8 nitrogen and oxygen atoms in total. The first kappa shape index (κ1) is 15.1. The van der Waals surface area contributed by atoms with Crippen molar-refractivity contribution in [2.45, 2.75) is 20.4 Å². The van der Waals surface area contributed by atoms with Crippen LogP contribution in [-0.4, -0.2) is 24.7 Å². The molecule has 0 aliphatic heterocycles. The van der Waals surface area contributed by atoms with E-state index in [1.54, 1.807) is 23.9 Å². The molecule has 4 aromatic rings. The van der Waals surface area contributed by atoms with Gasteiger partial charge in [0.15, 0.2) is 0 Å². The molecule has 1 aromatic carbocycles. The van der Waals surface area contributed by atoms with Gasteiger partial charge in [0.05, 0.1) is 29.7 Å². The summed E-state index contributed by atoms with van der Waals surface area (Å²) in [5, 5.41) is 12.5. The van der Waals surface area contributed by atoms with E-state index in [-0.39, 0.29) is 12.4 Å². The van der Waals surface area contributed by atoms with Gasteiger partial charge in [-0.05, 0) is 26.0 Å². The SMILES string of the molecule is Cc1cc(Cn2nc(-c3cnn(-c4ccccc4)c3C)oc2=O)no1. The lowest BCUT2D eigenvalue weighted by molar-refractivity contribution is 0.386. The molecule has 0 aliphatic rings. The fourth-order valence-electron chi connectivity index (χ4n) is 2.61. The Bertz CT molecular complexity index is 1070. The van der Waals surface area contributed by atoms with E-state index in [4.69, 9.17) is 8.94 Å². The molecule has 3 aromatic heterocycles. The normalized spacial score (nSPS) is 11.1. The van der Waals surface area contributed by atoms with Gasteiger partial charge in [-0.2, -0.15) is 9.78 Å². The second-order valence-corrected chi connectivity index (χ2v) is 5.65. The molecule has 25 heavy (non-hydrogen) atoms. The van der Waals surface area contributed by atoms with Crippen LogP contribution in [0.15, 0.2) is 56.3 Å². The van der Waals surface area contributed by atoms with Crippen molar-refractivity contribution >= 4 is 0 Å². The molecule has 126 valence electrons. The fraction of sp³-hybridized carbons (Fsp3) is 0.176. The van der Waals surface area contributed by atoms with E-state index < -0.39 is 5.76 Å². The van der Waals surface area contributed by atoms with Crippen molar-refractivity contribution in [1.29, 1.82) is 0 Å². The smallest absolute Gasteiger partial charge is 0.387 e. The summed E-state index contributed by atoms with van der Waals surface area (Å²) >= 11 is 0. The number of rotatable bonds is 4.